The Balaban J connectivity index is 2.67. The van der Waals surface area contributed by atoms with Gasteiger partial charge in [-0.25, -0.2) is 0 Å². The van der Waals surface area contributed by atoms with E-state index in [1.165, 1.54) is 0 Å². The molecule has 0 radical (unpaired) electrons. The van der Waals surface area contributed by atoms with Gasteiger partial charge in [0.15, 0.2) is 0 Å². The maximum atomic E-state index is 11.3. The van der Waals surface area contributed by atoms with Crippen molar-refractivity contribution in [3.05, 3.63) is 0 Å². The van der Waals surface area contributed by atoms with Crippen LogP contribution in [0.5, 0.6) is 0 Å². The van der Waals surface area contributed by atoms with Crippen LogP contribution >= 0.6 is 12.6 Å². The molecule has 2 atom stereocenters. The minimum absolute atomic E-state index is 0.0181. The summed E-state index contributed by atoms with van der Waals surface area (Å²) in [6.45, 7) is 0. The van der Waals surface area contributed by atoms with Crippen molar-refractivity contribution in [2.75, 3.05) is 5.75 Å². The predicted octanol–water partition coefficient (Wildman–Crippen LogP) is 1.38. The zero-order valence-corrected chi connectivity index (χ0v) is 8.30. The fourth-order valence-corrected chi connectivity index (χ4v) is 2.16. The van der Waals surface area contributed by atoms with Gasteiger partial charge in [-0.05, 0) is 12.8 Å². The van der Waals surface area contributed by atoms with E-state index in [2.05, 4.69) is 12.6 Å². The van der Waals surface area contributed by atoms with Crippen LogP contribution in [-0.4, -0.2) is 22.6 Å². The van der Waals surface area contributed by atoms with Crippen LogP contribution in [0.3, 0.4) is 0 Å². The number of hydrogen-bond acceptors (Lipinski definition) is 3. The molecule has 0 bridgehead atoms. The number of carboxylic acids is 1. The lowest BCUT2D eigenvalue weighted by molar-refractivity contribution is -0.147. The summed E-state index contributed by atoms with van der Waals surface area (Å²) in [7, 11) is 0. The molecule has 1 rings (SSSR count). The molecule has 0 aromatic rings. The van der Waals surface area contributed by atoms with Crippen LogP contribution in [0.4, 0.5) is 0 Å². The van der Waals surface area contributed by atoms with Crippen LogP contribution in [0.25, 0.3) is 0 Å². The quantitative estimate of drug-likeness (QED) is 0.680. The van der Waals surface area contributed by atoms with Gasteiger partial charge in [-0.15, -0.1) is 0 Å². The Hall–Kier alpha value is -0.510. The third kappa shape index (κ3) is 2.46. The fourth-order valence-electron chi connectivity index (χ4n) is 1.93. The summed E-state index contributed by atoms with van der Waals surface area (Å²) < 4.78 is 0. The maximum absolute atomic E-state index is 11.3. The second-order valence-corrected chi connectivity index (χ2v) is 3.78. The van der Waals surface area contributed by atoms with E-state index in [1.54, 1.807) is 0 Å². The Morgan fingerprint density at radius 1 is 1.23 bits per heavy atom. The molecule has 3 nitrogen and oxygen atoms in total. The highest BCUT2D eigenvalue weighted by Gasteiger charge is 2.34. The molecule has 1 fully saturated rings. The van der Waals surface area contributed by atoms with E-state index in [4.69, 9.17) is 5.11 Å². The first kappa shape index (κ1) is 10.6. The molecule has 0 aliphatic heterocycles. The monoisotopic (exact) mass is 202 g/mol. The molecule has 1 N–H and O–H groups in total. The highest BCUT2D eigenvalue weighted by molar-refractivity contribution is 7.81. The molecule has 4 heteroatoms. The van der Waals surface area contributed by atoms with Gasteiger partial charge in [0.2, 0.25) is 0 Å². The van der Waals surface area contributed by atoms with E-state index < -0.39 is 11.9 Å². The highest BCUT2D eigenvalue weighted by Crippen LogP contribution is 2.31. The van der Waals surface area contributed by atoms with Gasteiger partial charge in [0.05, 0.1) is 5.92 Å². The molecule has 0 unspecified atom stereocenters. The van der Waals surface area contributed by atoms with Crippen LogP contribution in [-0.2, 0) is 9.59 Å². The minimum atomic E-state index is -0.833. The number of carbonyl (C=O) groups is 2. The number of thiol groups is 1. The number of hydrogen-bond donors (Lipinski definition) is 2. The molecule has 0 saturated heterocycles. The Labute approximate surface area is 82.9 Å². The zero-order valence-electron chi connectivity index (χ0n) is 7.40. The average molecular weight is 202 g/mol. The van der Waals surface area contributed by atoms with Crippen molar-refractivity contribution in [2.45, 2.75) is 25.7 Å². The van der Waals surface area contributed by atoms with Gasteiger partial charge in [-0.1, -0.05) is 12.8 Å². The molecular formula is C9H14O3S. The molecule has 13 heavy (non-hydrogen) atoms. The molecule has 0 aromatic heterocycles. The lowest BCUT2D eigenvalue weighted by Gasteiger charge is -2.26. The summed E-state index contributed by atoms with van der Waals surface area (Å²) in [4.78, 5) is 22.1. The van der Waals surface area contributed by atoms with E-state index in [-0.39, 0.29) is 17.5 Å². The largest absolute Gasteiger partial charge is 0.481 e. The normalized spacial score (nSPS) is 28.4. The third-order valence-corrected chi connectivity index (χ3v) is 2.96. The first-order chi connectivity index (χ1) is 6.16. The lowest BCUT2D eigenvalue weighted by Crippen LogP contribution is -2.33. The van der Waals surface area contributed by atoms with Crippen LogP contribution < -0.4 is 0 Å². The molecule has 1 saturated carbocycles. The second-order valence-electron chi connectivity index (χ2n) is 3.46. The molecule has 74 valence electrons. The topological polar surface area (TPSA) is 54.4 Å². The smallest absolute Gasteiger partial charge is 0.307 e. The second kappa shape index (κ2) is 4.65. The van der Waals surface area contributed by atoms with E-state index in [1.807, 2.05) is 0 Å². The molecule has 0 heterocycles. The van der Waals surface area contributed by atoms with E-state index in [0.29, 0.717) is 6.42 Å². The summed E-state index contributed by atoms with van der Waals surface area (Å²) in [6.07, 6.45) is 3.25. The highest BCUT2D eigenvalue weighted by atomic mass is 32.1. The SMILES string of the molecule is O=C(O)[C@H]1CCCC[C@@H]1C(=O)CS. The fraction of sp³-hybridized carbons (Fsp3) is 0.778. The molecule has 0 spiro atoms. The average Bonchev–Trinajstić information content (AvgIpc) is 2.16. The summed E-state index contributed by atoms with van der Waals surface area (Å²) in [5, 5.41) is 8.88. The van der Waals surface area contributed by atoms with Crippen molar-refractivity contribution in [2.24, 2.45) is 11.8 Å². The molecule has 1 aliphatic carbocycles. The zero-order chi connectivity index (χ0) is 9.84. The summed E-state index contributed by atoms with van der Waals surface area (Å²) in [5.74, 6) is -1.44. The number of Topliss-reactive ketones (excluding diaryl/α,β-unsaturated/α-hetero) is 1. The number of carboxylic acid groups (broad SMARTS) is 1. The Morgan fingerprint density at radius 2 is 1.77 bits per heavy atom. The maximum Gasteiger partial charge on any atom is 0.307 e. The van der Waals surface area contributed by atoms with Gasteiger partial charge in [0, 0.05) is 11.7 Å². The van der Waals surface area contributed by atoms with Crippen molar-refractivity contribution in [3.8, 4) is 0 Å². The molecular weight excluding hydrogens is 188 g/mol. The number of rotatable bonds is 3. The van der Waals surface area contributed by atoms with E-state index in [9.17, 15) is 9.59 Å². The van der Waals surface area contributed by atoms with Crippen molar-refractivity contribution < 1.29 is 14.7 Å². The standard InChI is InChI=1S/C9H14O3S/c10-8(5-13)6-3-1-2-4-7(6)9(11)12/h6-7,13H,1-5H2,(H,11,12)/t6-,7-/m0/s1. The molecule has 0 aromatic carbocycles. The van der Waals surface area contributed by atoms with Gasteiger partial charge >= 0.3 is 5.97 Å². The van der Waals surface area contributed by atoms with Crippen LogP contribution in [0.15, 0.2) is 0 Å². The van der Waals surface area contributed by atoms with Crippen molar-refractivity contribution in [3.63, 3.8) is 0 Å². The van der Waals surface area contributed by atoms with Gasteiger partial charge in [0.25, 0.3) is 0 Å². The van der Waals surface area contributed by atoms with Gasteiger partial charge in [-0.3, -0.25) is 9.59 Å². The van der Waals surface area contributed by atoms with E-state index in [0.717, 1.165) is 19.3 Å². The first-order valence-corrected chi connectivity index (χ1v) is 5.16. The first-order valence-electron chi connectivity index (χ1n) is 4.53. The summed E-state index contributed by atoms with van der Waals surface area (Å²) >= 11 is 3.89. The van der Waals surface area contributed by atoms with Crippen molar-refractivity contribution in [1.82, 2.24) is 0 Å². The number of ketones is 1. The van der Waals surface area contributed by atoms with Gasteiger partial charge in [0.1, 0.15) is 5.78 Å². The van der Waals surface area contributed by atoms with Gasteiger partial charge < -0.3 is 5.11 Å². The molecule has 1 aliphatic rings. The minimum Gasteiger partial charge on any atom is -0.481 e. The summed E-state index contributed by atoms with van der Waals surface area (Å²) in [5.41, 5.74) is 0. The Bertz CT molecular complexity index is 215. The van der Waals surface area contributed by atoms with Crippen LogP contribution in [0.2, 0.25) is 0 Å². The lowest BCUT2D eigenvalue weighted by atomic mass is 9.77. The molecule has 0 amide bonds. The number of carbonyl (C=O) groups excluding carboxylic acids is 1. The predicted molar refractivity (Wildman–Crippen MR) is 51.9 cm³/mol. The van der Waals surface area contributed by atoms with E-state index >= 15 is 0 Å². The van der Waals surface area contributed by atoms with Crippen LogP contribution in [0, 0.1) is 11.8 Å². The summed E-state index contributed by atoms with van der Waals surface area (Å²) in [6, 6.07) is 0. The Morgan fingerprint density at radius 3 is 2.23 bits per heavy atom. The van der Waals surface area contributed by atoms with Crippen molar-refractivity contribution in [1.29, 1.82) is 0 Å². The number of aliphatic carboxylic acids is 1. The van der Waals surface area contributed by atoms with Crippen LogP contribution in [0.1, 0.15) is 25.7 Å². The van der Waals surface area contributed by atoms with Gasteiger partial charge in [-0.2, -0.15) is 12.6 Å². The van der Waals surface area contributed by atoms with Crippen molar-refractivity contribution >= 4 is 24.4 Å². The third-order valence-electron chi connectivity index (χ3n) is 2.65. The Kier molecular flexibility index (Phi) is 3.78.